The molecule has 0 aliphatic heterocycles. The Morgan fingerprint density at radius 2 is 1.79 bits per heavy atom. The Bertz CT molecular complexity index is 511. The Morgan fingerprint density at radius 3 is 2.32 bits per heavy atom. The number of rotatable bonds is 6. The first-order chi connectivity index (χ1) is 8.79. The molecule has 0 fully saturated rings. The van der Waals surface area contributed by atoms with Crippen molar-refractivity contribution in [3.05, 3.63) is 29.8 Å². The summed E-state index contributed by atoms with van der Waals surface area (Å²) in [7, 11) is -3.54. The molecular formula is C14H23NO3S. The van der Waals surface area contributed by atoms with Crippen LogP contribution >= 0.6 is 0 Å². The molecule has 0 aliphatic rings. The van der Waals surface area contributed by atoms with Gasteiger partial charge in [0.1, 0.15) is 0 Å². The Labute approximate surface area is 115 Å². The summed E-state index contributed by atoms with van der Waals surface area (Å²) in [6.45, 7) is 7.29. The molecule has 1 aromatic carbocycles. The van der Waals surface area contributed by atoms with E-state index in [1.165, 1.54) is 0 Å². The minimum atomic E-state index is -3.54. The summed E-state index contributed by atoms with van der Waals surface area (Å²) in [6.07, 6.45) is 0.0445. The van der Waals surface area contributed by atoms with E-state index in [0.717, 1.165) is 0 Å². The van der Waals surface area contributed by atoms with Gasteiger partial charge in [0.15, 0.2) is 0 Å². The molecule has 1 aromatic rings. The number of hydrogen-bond donors (Lipinski definition) is 2. The third-order valence-electron chi connectivity index (χ3n) is 3.09. The van der Waals surface area contributed by atoms with E-state index in [4.69, 9.17) is 0 Å². The van der Waals surface area contributed by atoms with E-state index in [-0.39, 0.29) is 16.9 Å². The predicted octanol–water partition coefficient (Wildman–Crippen LogP) is 2.25. The third kappa shape index (κ3) is 4.03. The average Bonchev–Trinajstić information content (AvgIpc) is 2.35. The molecule has 0 aliphatic carbocycles. The predicted molar refractivity (Wildman–Crippen MR) is 76.6 cm³/mol. The molecule has 108 valence electrons. The van der Waals surface area contributed by atoms with Crippen LogP contribution in [0.5, 0.6) is 0 Å². The van der Waals surface area contributed by atoms with E-state index in [1.807, 2.05) is 13.8 Å². The monoisotopic (exact) mass is 285 g/mol. The summed E-state index contributed by atoms with van der Waals surface area (Å²) in [5.41, 5.74) is 0.657. The first-order valence-electron chi connectivity index (χ1n) is 6.59. The van der Waals surface area contributed by atoms with Crippen LogP contribution in [0, 0.1) is 0 Å². The van der Waals surface area contributed by atoms with Gasteiger partial charge in [-0.15, -0.1) is 0 Å². The molecule has 2 unspecified atom stereocenters. The van der Waals surface area contributed by atoms with E-state index in [1.54, 1.807) is 38.1 Å². The minimum absolute atomic E-state index is 0.163. The van der Waals surface area contributed by atoms with Gasteiger partial charge in [-0.05, 0) is 31.9 Å². The van der Waals surface area contributed by atoms with Crippen molar-refractivity contribution in [2.24, 2.45) is 0 Å². The molecule has 0 radical (unpaired) electrons. The maximum Gasteiger partial charge on any atom is 0.241 e. The lowest BCUT2D eigenvalue weighted by atomic mass is 9.94. The fourth-order valence-corrected chi connectivity index (χ4v) is 3.61. The van der Waals surface area contributed by atoms with Crippen molar-refractivity contribution in [1.29, 1.82) is 0 Å². The van der Waals surface area contributed by atoms with Crippen LogP contribution in [0.2, 0.25) is 0 Å². The van der Waals surface area contributed by atoms with Gasteiger partial charge < -0.3 is 5.11 Å². The summed E-state index contributed by atoms with van der Waals surface area (Å²) in [5, 5.41) is 9.94. The van der Waals surface area contributed by atoms with E-state index >= 15 is 0 Å². The fourth-order valence-electron chi connectivity index (χ4n) is 2.04. The van der Waals surface area contributed by atoms with Crippen LogP contribution in [-0.4, -0.2) is 25.7 Å². The van der Waals surface area contributed by atoms with Crippen LogP contribution in [0.15, 0.2) is 29.2 Å². The molecule has 1 rings (SSSR count). The number of sulfonamides is 1. The molecule has 2 N–H and O–H groups in total. The second kappa shape index (κ2) is 6.50. The number of benzene rings is 1. The molecule has 0 bridgehead atoms. The maximum absolute atomic E-state index is 12.3. The van der Waals surface area contributed by atoms with Crippen LogP contribution in [0.3, 0.4) is 0 Å². The van der Waals surface area contributed by atoms with Crippen LogP contribution < -0.4 is 4.72 Å². The van der Waals surface area contributed by atoms with E-state index in [9.17, 15) is 13.5 Å². The molecule has 19 heavy (non-hydrogen) atoms. The quantitative estimate of drug-likeness (QED) is 0.842. The largest absolute Gasteiger partial charge is 0.393 e. The summed E-state index contributed by atoms with van der Waals surface area (Å²) < 4.78 is 27.2. The molecule has 5 heteroatoms. The Hall–Kier alpha value is -0.910. The van der Waals surface area contributed by atoms with Crippen LogP contribution in [0.1, 0.15) is 45.6 Å². The Kier molecular flexibility index (Phi) is 5.52. The zero-order valence-electron chi connectivity index (χ0n) is 11.9. The molecule has 0 spiro atoms. The first-order valence-corrected chi connectivity index (χ1v) is 8.07. The number of aliphatic hydroxyl groups excluding tert-OH is 1. The lowest BCUT2D eigenvalue weighted by Gasteiger charge is -2.21. The average molecular weight is 285 g/mol. The van der Waals surface area contributed by atoms with Gasteiger partial charge in [-0.2, -0.15) is 0 Å². The summed E-state index contributed by atoms with van der Waals surface area (Å²) in [4.78, 5) is 0.253. The second-order valence-electron chi connectivity index (χ2n) is 5.08. The van der Waals surface area contributed by atoms with E-state index in [0.29, 0.717) is 12.0 Å². The molecule has 0 saturated carbocycles. The highest BCUT2D eigenvalue weighted by Crippen LogP contribution is 2.27. The van der Waals surface area contributed by atoms with Crippen molar-refractivity contribution in [3.63, 3.8) is 0 Å². The summed E-state index contributed by atoms with van der Waals surface area (Å²) in [5.74, 6) is -0.218. The van der Waals surface area contributed by atoms with Crippen molar-refractivity contribution < 1.29 is 13.5 Å². The van der Waals surface area contributed by atoms with Gasteiger partial charge in [0.2, 0.25) is 10.0 Å². The first kappa shape index (κ1) is 16.1. The zero-order chi connectivity index (χ0) is 14.6. The van der Waals surface area contributed by atoms with Crippen LogP contribution in [0.4, 0.5) is 0 Å². The maximum atomic E-state index is 12.3. The number of aliphatic hydroxyl groups is 1. The van der Waals surface area contributed by atoms with Crippen molar-refractivity contribution in [1.82, 2.24) is 4.72 Å². The fraction of sp³-hybridized carbons (Fsp3) is 0.571. The van der Waals surface area contributed by atoms with Gasteiger partial charge in [0.05, 0.1) is 11.0 Å². The smallest absolute Gasteiger partial charge is 0.241 e. The van der Waals surface area contributed by atoms with Gasteiger partial charge in [-0.1, -0.05) is 32.0 Å². The van der Waals surface area contributed by atoms with Crippen molar-refractivity contribution >= 4 is 10.0 Å². The molecule has 0 heterocycles. The zero-order valence-corrected chi connectivity index (χ0v) is 12.7. The van der Waals surface area contributed by atoms with Crippen molar-refractivity contribution in [2.45, 2.75) is 57.1 Å². The van der Waals surface area contributed by atoms with Gasteiger partial charge in [-0.3, -0.25) is 0 Å². The SMILES string of the molecule is CCC(O)C(C)c1ccccc1S(=O)(=O)NC(C)C. The normalized spacial score (nSPS) is 15.5. The van der Waals surface area contributed by atoms with Crippen LogP contribution in [-0.2, 0) is 10.0 Å². The lowest BCUT2D eigenvalue weighted by Crippen LogP contribution is -2.31. The van der Waals surface area contributed by atoms with Gasteiger partial charge >= 0.3 is 0 Å². The van der Waals surface area contributed by atoms with Crippen molar-refractivity contribution in [3.8, 4) is 0 Å². The topological polar surface area (TPSA) is 66.4 Å². The molecule has 0 aromatic heterocycles. The summed E-state index contributed by atoms with van der Waals surface area (Å²) in [6, 6.07) is 6.67. The lowest BCUT2D eigenvalue weighted by molar-refractivity contribution is 0.144. The molecule has 2 atom stereocenters. The van der Waals surface area contributed by atoms with Crippen LogP contribution in [0.25, 0.3) is 0 Å². The number of hydrogen-bond acceptors (Lipinski definition) is 3. The Balaban J connectivity index is 3.23. The van der Waals surface area contributed by atoms with Crippen molar-refractivity contribution in [2.75, 3.05) is 0 Å². The summed E-state index contributed by atoms with van der Waals surface area (Å²) >= 11 is 0. The third-order valence-corrected chi connectivity index (χ3v) is 4.82. The Morgan fingerprint density at radius 1 is 1.21 bits per heavy atom. The minimum Gasteiger partial charge on any atom is -0.393 e. The highest BCUT2D eigenvalue weighted by Gasteiger charge is 2.24. The molecule has 0 saturated heterocycles. The van der Waals surface area contributed by atoms with E-state index < -0.39 is 16.1 Å². The highest BCUT2D eigenvalue weighted by molar-refractivity contribution is 7.89. The van der Waals surface area contributed by atoms with Gasteiger partial charge in [0, 0.05) is 12.0 Å². The second-order valence-corrected chi connectivity index (χ2v) is 6.76. The van der Waals surface area contributed by atoms with E-state index in [2.05, 4.69) is 4.72 Å². The highest BCUT2D eigenvalue weighted by atomic mass is 32.2. The molecular weight excluding hydrogens is 262 g/mol. The number of nitrogens with one attached hydrogen (secondary N) is 1. The van der Waals surface area contributed by atoms with Gasteiger partial charge in [-0.25, -0.2) is 13.1 Å². The standard InChI is InChI=1S/C14H23NO3S/c1-5-13(16)11(4)12-8-6-7-9-14(12)19(17,18)15-10(2)3/h6-11,13,15-16H,5H2,1-4H3. The molecule has 0 amide bonds. The molecule has 4 nitrogen and oxygen atoms in total. The van der Waals surface area contributed by atoms with Gasteiger partial charge in [0.25, 0.3) is 0 Å².